The van der Waals surface area contributed by atoms with Crippen LogP contribution in [0, 0.1) is 0 Å². The lowest BCUT2D eigenvalue weighted by atomic mass is 10.2. The van der Waals surface area contributed by atoms with E-state index in [2.05, 4.69) is 10.6 Å². The Balaban J connectivity index is 2.21. The number of thioether (sulfide) groups is 1. The second kappa shape index (κ2) is 6.62. The largest absolute Gasteiger partial charge is 0.480 e. The van der Waals surface area contributed by atoms with Crippen LogP contribution in [0.2, 0.25) is 0 Å². The first-order valence-corrected chi connectivity index (χ1v) is 6.57. The van der Waals surface area contributed by atoms with Crippen LogP contribution in [-0.2, 0) is 4.79 Å². The van der Waals surface area contributed by atoms with Gasteiger partial charge in [0, 0.05) is 11.8 Å². The molecule has 2 atom stereocenters. The molecule has 1 unspecified atom stereocenters. The van der Waals surface area contributed by atoms with Crippen molar-refractivity contribution in [1.82, 2.24) is 10.6 Å². The lowest BCUT2D eigenvalue weighted by Crippen LogP contribution is -2.46. The summed E-state index contributed by atoms with van der Waals surface area (Å²) in [6.45, 7) is 2.35. The zero-order chi connectivity index (χ0) is 12.0. The fourth-order valence-corrected chi connectivity index (χ4v) is 2.76. The Morgan fingerprint density at radius 2 is 2.31 bits per heavy atom. The summed E-state index contributed by atoms with van der Waals surface area (Å²) < 4.78 is 0. The average molecular weight is 246 g/mol. The molecule has 1 aliphatic rings. The van der Waals surface area contributed by atoms with E-state index in [1.54, 1.807) is 6.92 Å². The number of carbonyl (C=O) groups excluding carboxylic acids is 1. The second-order valence-corrected chi connectivity index (χ2v) is 5.20. The highest BCUT2D eigenvalue weighted by atomic mass is 32.2. The van der Waals surface area contributed by atoms with Gasteiger partial charge in [-0.2, -0.15) is 11.8 Å². The third-order valence-corrected chi connectivity index (χ3v) is 3.92. The van der Waals surface area contributed by atoms with Gasteiger partial charge in [-0.1, -0.05) is 6.92 Å². The van der Waals surface area contributed by atoms with Crippen LogP contribution >= 0.6 is 11.8 Å². The number of carbonyl (C=O) groups is 2. The first-order chi connectivity index (χ1) is 7.63. The van der Waals surface area contributed by atoms with Crippen LogP contribution in [0.5, 0.6) is 0 Å². The van der Waals surface area contributed by atoms with Crippen LogP contribution in [-0.4, -0.2) is 40.7 Å². The Kier molecular flexibility index (Phi) is 5.45. The lowest BCUT2D eigenvalue weighted by Gasteiger charge is -2.14. The van der Waals surface area contributed by atoms with Gasteiger partial charge in [0.15, 0.2) is 0 Å². The highest BCUT2D eigenvalue weighted by Gasteiger charge is 2.19. The molecule has 1 fully saturated rings. The molecule has 3 N–H and O–H groups in total. The third-order valence-electron chi connectivity index (χ3n) is 2.53. The third kappa shape index (κ3) is 4.30. The van der Waals surface area contributed by atoms with E-state index in [1.165, 1.54) is 6.42 Å². The highest BCUT2D eigenvalue weighted by molar-refractivity contribution is 8.00. The van der Waals surface area contributed by atoms with Gasteiger partial charge in [0.1, 0.15) is 6.04 Å². The molecule has 2 amide bonds. The molecule has 5 nitrogen and oxygen atoms in total. The summed E-state index contributed by atoms with van der Waals surface area (Å²) in [6, 6.07) is -1.18. The first kappa shape index (κ1) is 13.2. The maximum atomic E-state index is 11.4. The van der Waals surface area contributed by atoms with Crippen LogP contribution in [0.3, 0.4) is 0 Å². The van der Waals surface area contributed by atoms with Crippen molar-refractivity contribution >= 4 is 23.8 Å². The van der Waals surface area contributed by atoms with E-state index in [-0.39, 0.29) is 6.03 Å². The summed E-state index contributed by atoms with van der Waals surface area (Å²) in [5, 5.41) is 14.4. The number of aliphatic carboxylic acids is 1. The predicted octanol–water partition coefficient (Wildman–Crippen LogP) is 1.04. The molecule has 0 bridgehead atoms. The smallest absolute Gasteiger partial charge is 0.326 e. The molecule has 0 aromatic carbocycles. The zero-order valence-corrected chi connectivity index (χ0v) is 10.2. The van der Waals surface area contributed by atoms with Gasteiger partial charge in [0.25, 0.3) is 0 Å². The number of rotatable bonds is 5. The van der Waals surface area contributed by atoms with E-state index in [0.29, 0.717) is 18.2 Å². The molecule has 0 aromatic rings. The number of hydrogen-bond acceptors (Lipinski definition) is 3. The Labute approximate surface area is 99.4 Å². The molecule has 1 heterocycles. The minimum absolute atomic E-state index is 0.387. The Bertz CT molecular complexity index is 254. The number of hydrogen-bond donors (Lipinski definition) is 3. The molecule has 0 aromatic heterocycles. The maximum Gasteiger partial charge on any atom is 0.326 e. The van der Waals surface area contributed by atoms with Crippen LogP contribution in [0.25, 0.3) is 0 Å². The molecule has 0 radical (unpaired) electrons. The van der Waals surface area contributed by atoms with E-state index in [0.717, 1.165) is 12.2 Å². The summed E-state index contributed by atoms with van der Waals surface area (Å²) in [5.74, 6) is 0.161. The molecule has 0 saturated carbocycles. The molecule has 6 heteroatoms. The van der Waals surface area contributed by atoms with Gasteiger partial charge < -0.3 is 15.7 Å². The van der Waals surface area contributed by atoms with E-state index < -0.39 is 12.0 Å². The molecule has 1 rings (SSSR count). The van der Waals surface area contributed by atoms with Gasteiger partial charge in [-0.3, -0.25) is 0 Å². The van der Waals surface area contributed by atoms with Crippen molar-refractivity contribution in [3.8, 4) is 0 Å². The minimum Gasteiger partial charge on any atom is -0.480 e. The molecular weight excluding hydrogens is 228 g/mol. The molecule has 1 saturated heterocycles. The Morgan fingerprint density at radius 3 is 2.81 bits per heavy atom. The Morgan fingerprint density at radius 1 is 1.56 bits per heavy atom. The van der Waals surface area contributed by atoms with Crippen LogP contribution in [0.4, 0.5) is 4.79 Å². The molecule has 16 heavy (non-hydrogen) atoms. The summed E-state index contributed by atoms with van der Waals surface area (Å²) >= 11 is 1.86. The molecule has 92 valence electrons. The van der Waals surface area contributed by atoms with Crippen molar-refractivity contribution in [3.05, 3.63) is 0 Å². The SMILES string of the molecule is CC[C@@H](NC(=O)NCC1CCCS1)C(=O)O. The summed E-state index contributed by atoms with van der Waals surface area (Å²) in [7, 11) is 0. The maximum absolute atomic E-state index is 11.4. The lowest BCUT2D eigenvalue weighted by molar-refractivity contribution is -0.139. The predicted molar refractivity (Wildman–Crippen MR) is 63.7 cm³/mol. The van der Waals surface area contributed by atoms with Crippen molar-refractivity contribution in [3.63, 3.8) is 0 Å². The van der Waals surface area contributed by atoms with E-state index >= 15 is 0 Å². The van der Waals surface area contributed by atoms with Gasteiger partial charge in [-0.15, -0.1) is 0 Å². The van der Waals surface area contributed by atoms with Gasteiger partial charge in [0.2, 0.25) is 0 Å². The fraction of sp³-hybridized carbons (Fsp3) is 0.800. The molecule has 0 spiro atoms. The van der Waals surface area contributed by atoms with Gasteiger partial charge >= 0.3 is 12.0 Å². The van der Waals surface area contributed by atoms with Crippen molar-refractivity contribution in [2.45, 2.75) is 37.5 Å². The quantitative estimate of drug-likeness (QED) is 0.677. The highest BCUT2D eigenvalue weighted by Crippen LogP contribution is 2.25. The number of carboxylic acids is 1. The monoisotopic (exact) mass is 246 g/mol. The van der Waals surface area contributed by atoms with Crippen molar-refractivity contribution in [2.75, 3.05) is 12.3 Å². The normalized spacial score (nSPS) is 21.4. The second-order valence-electron chi connectivity index (χ2n) is 3.79. The van der Waals surface area contributed by atoms with E-state index in [9.17, 15) is 9.59 Å². The van der Waals surface area contributed by atoms with Crippen LogP contribution < -0.4 is 10.6 Å². The number of carboxylic acid groups (broad SMARTS) is 1. The summed E-state index contributed by atoms with van der Waals surface area (Å²) in [6.07, 6.45) is 2.72. The number of amides is 2. The van der Waals surface area contributed by atoms with Gasteiger partial charge in [-0.05, 0) is 25.0 Å². The Hall–Kier alpha value is -0.910. The van der Waals surface area contributed by atoms with Gasteiger partial charge in [0.05, 0.1) is 0 Å². The first-order valence-electron chi connectivity index (χ1n) is 5.52. The van der Waals surface area contributed by atoms with Crippen molar-refractivity contribution < 1.29 is 14.7 Å². The van der Waals surface area contributed by atoms with E-state index in [4.69, 9.17) is 5.11 Å². The van der Waals surface area contributed by atoms with Crippen molar-refractivity contribution in [1.29, 1.82) is 0 Å². The molecular formula is C10H18N2O3S. The summed E-state index contributed by atoms with van der Waals surface area (Å²) in [5.41, 5.74) is 0. The number of nitrogens with one attached hydrogen (secondary N) is 2. The minimum atomic E-state index is -0.993. The van der Waals surface area contributed by atoms with Crippen LogP contribution in [0.15, 0.2) is 0 Å². The van der Waals surface area contributed by atoms with Gasteiger partial charge in [-0.25, -0.2) is 9.59 Å². The average Bonchev–Trinajstić information content (AvgIpc) is 2.75. The topological polar surface area (TPSA) is 78.4 Å². The molecule has 1 aliphatic heterocycles. The molecule has 0 aliphatic carbocycles. The fourth-order valence-electron chi connectivity index (χ4n) is 1.56. The van der Waals surface area contributed by atoms with Crippen LogP contribution in [0.1, 0.15) is 26.2 Å². The standard InChI is InChI=1S/C10H18N2O3S/c1-2-8(9(13)14)12-10(15)11-6-7-4-3-5-16-7/h7-8H,2-6H2,1H3,(H,13,14)(H2,11,12,15)/t7?,8-/m1/s1. The van der Waals surface area contributed by atoms with Crippen molar-refractivity contribution in [2.24, 2.45) is 0 Å². The summed E-state index contributed by atoms with van der Waals surface area (Å²) in [4.78, 5) is 22.1. The number of urea groups is 1. The van der Waals surface area contributed by atoms with E-state index in [1.807, 2.05) is 11.8 Å². The zero-order valence-electron chi connectivity index (χ0n) is 9.36.